The van der Waals surface area contributed by atoms with Gasteiger partial charge in [-0.25, -0.2) is 0 Å². The molecule has 0 unspecified atom stereocenters. The Kier molecular flexibility index (Phi) is 3.46. The maximum absolute atomic E-state index is 8.89. The molecule has 0 aliphatic heterocycles. The van der Waals surface area contributed by atoms with Gasteiger partial charge in [0.25, 0.3) is 0 Å². The third-order valence-corrected chi connectivity index (χ3v) is 2.20. The molecule has 3 N–H and O–H groups in total. The van der Waals surface area contributed by atoms with Gasteiger partial charge in [-0.05, 0) is 17.0 Å². The number of hydrogen-bond acceptors (Lipinski definition) is 2. The zero-order valence-corrected chi connectivity index (χ0v) is 8.20. The van der Waals surface area contributed by atoms with Crippen LogP contribution in [0.5, 0.6) is 0 Å². The monoisotopic (exact) mass is 179 g/mol. The molecule has 1 atom stereocenters. The van der Waals surface area contributed by atoms with Crippen molar-refractivity contribution in [2.45, 2.75) is 25.8 Å². The van der Waals surface area contributed by atoms with E-state index in [0.29, 0.717) is 5.92 Å². The molecule has 0 spiro atoms. The molecule has 0 aromatic heterocycles. The van der Waals surface area contributed by atoms with E-state index in [1.807, 2.05) is 12.1 Å². The molecule has 0 fully saturated rings. The molecule has 1 aromatic carbocycles. The molecular formula is C11H17NO. The first kappa shape index (κ1) is 10.2. The molecular weight excluding hydrogens is 162 g/mol. The van der Waals surface area contributed by atoms with Gasteiger partial charge in [0, 0.05) is 0 Å². The molecule has 0 bridgehead atoms. The summed E-state index contributed by atoms with van der Waals surface area (Å²) in [5, 5.41) is 8.89. The number of aliphatic hydroxyl groups is 1. The van der Waals surface area contributed by atoms with Crippen LogP contribution in [0.15, 0.2) is 24.3 Å². The maximum Gasteiger partial charge on any atom is 0.0624 e. The highest BCUT2D eigenvalue weighted by Crippen LogP contribution is 2.18. The number of nitrogens with two attached hydrogens (primary N) is 1. The second-order valence-electron chi connectivity index (χ2n) is 3.61. The van der Waals surface area contributed by atoms with Crippen molar-refractivity contribution in [3.63, 3.8) is 0 Å². The van der Waals surface area contributed by atoms with Crippen LogP contribution in [0, 0.1) is 0 Å². The lowest BCUT2D eigenvalue weighted by molar-refractivity contribution is 0.268. The molecule has 0 aliphatic rings. The third-order valence-electron chi connectivity index (χ3n) is 2.20. The number of rotatable bonds is 3. The van der Waals surface area contributed by atoms with Crippen molar-refractivity contribution in [3.8, 4) is 0 Å². The Labute approximate surface area is 79.4 Å². The summed E-state index contributed by atoms with van der Waals surface area (Å²) in [7, 11) is 0. The summed E-state index contributed by atoms with van der Waals surface area (Å²) < 4.78 is 0. The van der Waals surface area contributed by atoms with E-state index in [9.17, 15) is 0 Å². The SMILES string of the molecule is CC(C)c1cccc([C@@H](N)CO)c1. The van der Waals surface area contributed by atoms with Crippen LogP contribution in [-0.2, 0) is 0 Å². The van der Waals surface area contributed by atoms with Crippen molar-refractivity contribution < 1.29 is 5.11 Å². The minimum atomic E-state index is -0.251. The number of aliphatic hydroxyl groups excluding tert-OH is 1. The zero-order valence-electron chi connectivity index (χ0n) is 8.20. The Morgan fingerprint density at radius 1 is 1.31 bits per heavy atom. The smallest absolute Gasteiger partial charge is 0.0624 e. The summed E-state index contributed by atoms with van der Waals surface area (Å²) >= 11 is 0. The average Bonchev–Trinajstić information content (AvgIpc) is 2.17. The van der Waals surface area contributed by atoms with E-state index in [1.165, 1.54) is 5.56 Å². The summed E-state index contributed by atoms with van der Waals surface area (Å²) in [6.45, 7) is 4.29. The summed E-state index contributed by atoms with van der Waals surface area (Å²) in [5.41, 5.74) is 7.99. The summed E-state index contributed by atoms with van der Waals surface area (Å²) in [4.78, 5) is 0. The molecule has 0 saturated carbocycles. The van der Waals surface area contributed by atoms with E-state index in [2.05, 4.69) is 26.0 Å². The van der Waals surface area contributed by atoms with Gasteiger partial charge in [0.1, 0.15) is 0 Å². The van der Waals surface area contributed by atoms with Crippen LogP contribution in [0.1, 0.15) is 36.9 Å². The van der Waals surface area contributed by atoms with Crippen molar-refractivity contribution in [3.05, 3.63) is 35.4 Å². The van der Waals surface area contributed by atoms with Gasteiger partial charge in [-0.15, -0.1) is 0 Å². The van der Waals surface area contributed by atoms with E-state index in [4.69, 9.17) is 10.8 Å². The van der Waals surface area contributed by atoms with Gasteiger partial charge >= 0.3 is 0 Å². The lowest BCUT2D eigenvalue weighted by Crippen LogP contribution is -2.14. The van der Waals surface area contributed by atoms with E-state index in [1.54, 1.807) is 0 Å². The Bertz CT molecular complexity index is 271. The predicted octanol–water partition coefficient (Wildman–Crippen LogP) is 1.80. The van der Waals surface area contributed by atoms with Crippen molar-refractivity contribution in [1.82, 2.24) is 0 Å². The molecule has 0 amide bonds. The van der Waals surface area contributed by atoms with Crippen LogP contribution in [0.25, 0.3) is 0 Å². The molecule has 0 aliphatic carbocycles. The standard InChI is InChI=1S/C11H17NO/c1-8(2)9-4-3-5-10(6-9)11(12)7-13/h3-6,8,11,13H,7,12H2,1-2H3/t11-/m0/s1. The minimum Gasteiger partial charge on any atom is -0.394 e. The van der Waals surface area contributed by atoms with Gasteiger partial charge in [-0.1, -0.05) is 38.1 Å². The van der Waals surface area contributed by atoms with Crippen molar-refractivity contribution in [1.29, 1.82) is 0 Å². The number of hydrogen-bond donors (Lipinski definition) is 2. The number of benzene rings is 1. The van der Waals surface area contributed by atoms with Gasteiger partial charge in [-0.3, -0.25) is 0 Å². The molecule has 1 aromatic rings. The Hall–Kier alpha value is -0.860. The first-order valence-corrected chi connectivity index (χ1v) is 4.61. The molecule has 72 valence electrons. The van der Waals surface area contributed by atoms with Gasteiger partial charge in [-0.2, -0.15) is 0 Å². The van der Waals surface area contributed by atoms with Crippen LogP contribution in [0.2, 0.25) is 0 Å². The summed E-state index contributed by atoms with van der Waals surface area (Å²) in [5.74, 6) is 0.505. The average molecular weight is 179 g/mol. The molecule has 13 heavy (non-hydrogen) atoms. The van der Waals surface area contributed by atoms with Crippen molar-refractivity contribution >= 4 is 0 Å². The topological polar surface area (TPSA) is 46.2 Å². The Balaban J connectivity index is 2.91. The second kappa shape index (κ2) is 4.40. The Morgan fingerprint density at radius 2 is 1.92 bits per heavy atom. The van der Waals surface area contributed by atoms with E-state index in [-0.39, 0.29) is 12.6 Å². The fraction of sp³-hybridized carbons (Fsp3) is 0.455. The third kappa shape index (κ3) is 2.54. The van der Waals surface area contributed by atoms with Crippen LogP contribution in [0.3, 0.4) is 0 Å². The highest BCUT2D eigenvalue weighted by atomic mass is 16.3. The second-order valence-corrected chi connectivity index (χ2v) is 3.61. The maximum atomic E-state index is 8.89. The van der Waals surface area contributed by atoms with Crippen LogP contribution in [-0.4, -0.2) is 11.7 Å². The van der Waals surface area contributed by atoms with Crippen molar-refractivity contribution in [2.75, 3.05) is 6.61 Å². The molecule has 0 heterocycles. The molecule has 2 nitrogen and oxygen atoms in total. The van der Waals surface area contributed by atoms with E-state index >= 15 is 0 Å². The zero-order chi connectivity index (χ0) is 9.84. The predicted molar refractivity (Wildman–Crippen MR) is 54.5 cm³/mol. The van der Waals surface area contributed by atoms with Gasteiger partial charge in [0.05, 0.1) is 12.6 Å². The normalized spacial score (nSPS) is 13.3. The molecule has 0 radical (unpaired) electrons. The fourth-order valence-electron chi connectivity index (χ4n) is 1.25. The molecule has 0 saturated heterocycles. The molecule has 2 heteroatoms. The van der Waals surface area contributed by atoms with Gasteiger partial charge in [0.2, 0.25) is 0 Å². The van der Waals surface area contributed by atoms with Crippen molar-refractivity contribution in [2.24, 2.45) is 5.73 Å². The van der Waals surface area contributed by atoms with Crippen LogP contribution < -0.4 is 5.73 Å². The minimum absolute atomic E-state index is 0.00154. The van der Waals surface area contributed by atoms with Gasteiger partial charge in [0.15, 0.2) is 0 Å². The largest absolute Gasteiger partial charge is 0.394 e. The molecule has 1 rings (SSSR count). The first-order chi connectivity index (χ1) is 6.15. The lowest BCUT2D eigenvalue weighted by atomic mass is 9.98. The first-order valence-electron chi connectivity index (χ1n) is 4.61. The lowest BCUT2D eigenvalue weighted by Gasteiger charge is -2.11. The fourth-order valence-corrected chi connectivity index (χ4v) is 1.25. The van der Waals surface area contributed by atoms with E-state index in [0.717, 1.165) is 5.56 Å². The van der Waals surface area contributed by atoms with Crippen LogP contribution in [0.4, 0.5) is 0 Å². The quantitative estimate of drug-likeness (QED) is 0.743. The highest BCUT2D eigenvalue weighted by Gasteiger charge is 2.05. The van der Waals surface area contributed by atoms with Crippen LogP contribution >= 0.6 is 0 Å². The van der Waals surface area contributed by atoms with E-state index < -0.39 is 0 Å². The highest BCUT2D eigenvalue weighted by molar-refractivity contribution is 5.27. The Morgan fingerprint density at radius 3 is 2.46 bits per heavy atom. The summed E-state index contributed by atoms with van der Waals surface area (Å²) in [6, 6.07) is 7.83. The van der Waals surface area contributed by atoms with Gasteiger partial charge < -0.3 is 10.8 Å². The summed E-state index contributed by atoms with van der Waals surface area (Å²) in [6.07, 6.45) is 0.